The maximum absolute atomic E-state index is 12.1. The molecule has 2 aromatic rings. The topological polar surface area (TPSA) is 106 Å². The lowest BCUT2D eigenvalue weighted by Crippen LogP contribution is -2.46. The Labute approximate surface area is 144 Å². The molecule has 0 aromatic carbocycles. The predicted molar refractivity (Wildman–Crippen MR) is 94.7 cm³/mol. The highest BCUT2D eigenvalue weighted by atomic mass is 32.1. The molecule has 7 nitrogen and oxygen atoms in total. The van der Waals surface area contributed by atoms with Crippen LogP contribution in [-0.2, 0) is 16.1 Å². The van der Waals surface area contributed by atoms with Crippen molar-refractivity contribution in [3.05, 3.63) is 23.2 Å². The highest BCUT2D eigenvalue weighted by Crippen LogP contribution is 2.28. The molecule has 0 aliphatic rings. The van der Waals surface area contributed by atoms with Gasteiger partial charge in [-0.15, -0.1) is 11.3 Å². The van der Waals surface area contributed by atoms with Crippen molar-refractivity contribution >= 4 is 39.2 Å². The number of nitrogens with two attached hydrogens (primary N) is 1. The van der Waals surface area contributed by atoms with E-state index in [0.29, 0.717) is 12.4 Å². The number of fused-ring (bicyclic) bond motifs is 1. The quantitative estimate of drug-likeness (QED) is 0.785. The first-order chi connectivity index (χ1) is 11.2. The van der Waals surface area contributed by atoms with Gasteiger partial charge in [0.05, 0.1) is 6.54 Å². The second-order valence-electron chi connectivity index (χ2n) is 6.41. The number of thiophene rings is 1. The van der Waals surface area contributed by atoms with Gasteiger partial charge in [0.1, 0.15) is 17.5 Å². The van der Waals surface area contributed by atoms with E-state index >= 15 is 0 Å². The van der Waals surface area contributed by atoms with Gasteiger partial charge in [0.25, 0.3) is 0 Å². The maximum Gasteiger partial charge on any atom is 0.408 e. The largest absolute Gasteiger partial charge is 0.444 e. The molecule has 0 bridgehead atoms. The minimum atomic E-state index is -0.694. The lowest BCUT2D eigenvalue weighted by Gasteiger charge is -2.21. The van der Waals surface area contributed by atoms with Gasteiger partial charge in [0.2, 0.25) is 5.91 Å². The van der Waals surface area contributed by atoms with E-state index in [1.54, 1.807) is 45.2 Å². The number of nitrogen functional groups attached to an aromatic ring is 1. The molecule has 0 saturated heterocycles. The summed E-state index contributed by atoms with van der Waals surface area (Å²) in [7, 11) is 0. The zero-order valence-electron chi connectivity index (χ0n) is 14.2. The van der Waals surface area contributed by atoms with Crippen LogP contribution < -0.4 is 16.4 Å². The Bertz CT molecular complexity index is 751. The van der Waals surface area contributed by atoms with Crippen LogP contribution in [0.1, 0.15) is 32.6 Å². The number of aromatic nitrogens is 1. The van der Waals surface area contributed by atoms with Crippen molar-refractivity contribution in [3.63, 3.8) is 0 Å². The highest BCUT2D eigenvalue weighted by molar-refractivity contribution is 7.19. The maximum atomic E-state index is 12.1. The summed E-state index contributed by atoms with van der Waals surface area (Å²) in [5, 5.41) is 6.18. The van der Waals surface area contributed by atoms with Crippen LogP contribution in [0.15, 0.2) is 18.3 Å². The van der Waals surface area contributed by atoms with Crippen molar-refractivity contribution < 1.29 is 14.3 Å². The number of hydrogen-bond donors (Lipinski definition) is 3. The summed E-state index contributed by atoms with van der Waals surface area (Å²) in [5.74, 6) is 0.186. The number of nitrogens with zero attached hydrogens (tertiary/aromatic N) is 1. The first-order valence-electron chi connectivity index (χ1n) is 7.56. The smallest absolute Gasteiger partial charge is 0.408 e. The van der Waals surface area contributed by atoms with Gasteiger partial charge < -0.3 is 21.1 Å². The minimum Gasteiger partial charge on any atom is -0.444 e. The number of anilines is 1. The van der Waals surface area contributed by atoms with Crippen LogP contribution in [0.4, 0.5) is 10.6 Å². The van der Waals surface area contributed by atoms with E-state index in [4.69, 9.17) is 10.5 Å². The lowest BCUT2D eigenvalue weighted by atomic mass is 10.2. The van der Waals surface area contributed by atoms with E-state index in [1.807, 2.05) is 12.1 Å². The van der Waals surface area contributed by atoms with Crippen LogP contribution >= 0.6 is 11.3 Å². The Kier molecular flexibility index (Phi) is 5.28. The average molecular weight is 350 g/mol. The SMILES string of the molecule is C[C@H](NC(=O)OC(C)(C)C)C(=O)NCc1cc2c(N)nccc2s1. The molecule has 0 aliphatic heterocycles. The number of pyridine rings is 1. The van der Waals surface area contributed by atoms with Gasteiger partial charge in [-0.1, -0.05) is 0 Å². The molecule has 0 spiro atoms. The Balaban J connectivity index is 1.89. The Morgan fingerprint density at radius 1 is 1.42 bits per heavy atom. The van der Waals surface area contributed by atoms with E-state index in [0.717, 1.165) is 15.0 Å². The van der Waals surface area contributed by atoms with Gasteiger partial charge in [0.15, 0.2) is 0 Å². The zero-order chi connectivity index (χ0) is 17.9. The number of carbonyl (C=O) groups excluding carboxylic acids is 2. The summed E-state index contributed by atoms with van der Waals surface area (Å²) in [4.78, 5) is 28.8. The van der Waals surface area contributed by atoms with Crippen molar-refractivity contribution in [2.24, 2.45) is 0 Å². The minimum absolute atomic E-state index is 0.288. The number of alkyl carbamates (subject to hydrolysis) is 1. The van der Waals surface area contributed by atoms with Gasteiger partial charge in [-0.05, 0) is 39.8 Å². The summed E-state index contributed by atoms with van der Waals surface area (Å²) in [6, 6.07) is 3.10. The monoisotopic (exact) mass is 350 g/mol. The molecule has 130 valence electrons. The predicted octanol–water partition coefficient (Wildman–Crippen LogP) is 2.41. The summed E-state index contributed by atoms with van der Waals surface area (Å²) in [6.07, 6.45) is 1.04. The van der Waals surface area contributed by atoms with E-state index in [2.05, 4.69) is 15.6 Å². The third kappa shape index (κ3) is 4.82. The molecule has 2 rings (SSSR count). The van der Waals surface area contributed by atoms with Crippen LogP contribution in [0.5, 0.6) is 0 Å². The first-order valence-corrected chi connectivity index (χ1v) is 8.37. The van der Waals surface area contributed by atoms with Crippen LogP contribution in [0.2, 0.25) is 0 Å². The van der Waals surface area contributed by atoms with E-state index < -0.39 is 17.7 Å². The lowest BCUT2D eigenvalue weighted by molar-refractivity contribution is -0.122. The molecule has 0 saturated carbocycles. The Morgan fingerprint density at radius 2 is 2.12 bits per heavy atom. The van der Waals surface area contributed by atoms with E-state index in [-0.39, 0.29) is 5.91 Å². The third-order valence-corrected chi connectivity index (χ3v) is 4.19. The summed E-state index contributed by atoms with van der Waals surface area (Å²) in [6.45, 7) is 7.25. The molecule has 4 N–H and O–H groups in total. The molecular weight excluding hydrogens is 328 g/mol. The van der Waals surface area contributed by atoms with Crippen molar-refractivity contribution in [2.45, 2.75) is 45.9 Å². The number of ether oxygens (including phenoxy) is 1. The molecule has 0 aliphatic carbocycles. The molecule has 0 fully saturated rings. The van der Waals surface area contributed by atoms with Gasteiger partial charge in [0, 0.05) is 21.2 Å². The van der Waals surface area contributed by atoms with Gasteiger partial charge in [-0.2, -0.15) is 0 Å². The third-order valence-electron chi connectivity index (χ3n) is 3.09. The second-order valence-corrected chi connectivity index (χ2v) is 7.57. The molecule has 8 heteroatoms. The van der Waals surface area contributed by atoms with Crippen LogP contribution in [0, 0.1) is 0 Å². The number of carbonyl (C=O) groups is 2. The number of amides is 2. The molecule has 2 amide bonds. The summed E-state index contributed by atoms with van der Waals surface area (Å²) < 4.78 is 6.15. The van der Waals surface area contributed by atoms with Gasteiger partial charge in [-0.25, -0.2) is 9.78 Å². The van der Waals surface area contributed by atoms with Crippen LogP contribution in [-0.4, -0.2) is 28.6 Å². The molecule has 2 aromatic heterocycles. The van der Waals surface area contributed by atoms with Crippen molar-refractivity contribution in [3.8, 4) is 0 Å². The molecule has 2 heterocycles. The van der Waals surface area contributed by atoms with Gasteiger partial charge >= 0.3 is 6.09 Å². The van der Waals surface area contributed by atoms with E-state index in [1.165, 1.54) is 0 Å². The average Bonchev–Trinajstić information content (AvgIpc) is 2.87. The Morgan fingerprint density at radius 3 is 2.75 bits per heavy atom. The van der Waals surface area contributed by atoms with Crippen molar-refractivity contribution in [1.82, 2.24) is 15.6 Å². The Hall–Kier alpha value is -2.35. The van der Waals surface area contributed by atoms with E-state index in [9.17, 15) is 9.59 Å². The fraction of sp³-hybridized carbons (Fsp3) is 0.438. The van der Waals surface area contributed by atoms with Crippen LogP contribution in [0.25, 0.3) is 10.1 Å². The standard InChI is InChI=1S/C16H22N4O3S/c1-9(20-15(22)23-16(2,3)4)14(21)19-8-10-7-11-12(24-10)5-6-18-13(11)17/h5-7,9H,8H2,1-4H3,(H2,17,18)(H,19,21)(H,20,22)/t9-/m0/s1. The summed E-state index contributed by atoms with van der Waals surface area (Å²) >= 11 is 1.54. The molecular formula is C16H22N4O3S. The number of nitrogens with one attached hydrogen (secondary N) is 2. The highest BCUT2D eigenvalue weighted by Gasteiger charge is 2.21. The fourth-order valence-corrected chi connectivity index (χ4v) is 3.01. The summed E-state index contributed by atoms with van der Waals surface area (Å²) in [5.41, 5.74) is 5.22. The van der Waals surface area contributed by atoms with Crippen molar-refractivity contribution in [1.29, 1.82) is 0 Å². The van der Waals surface area contributed by atoms with Crippen molar-refractivity contribution in [2.75, 3.05) is 5.73 Å². The molecule has 24 heavy (non-hydrogen) atoms. The number of hydrogen-bond acceptors (Lipinski definition) is 6. The van der Waals surface area contributed by atoms with Crippen LogP contribution in [0.3, 0.4) is 0 Å². The fourth-order valence-electron chi connectivity index (χ4n) is 2.00. The molecule has 1 atom stereocenters. The normalized spacial score (nSPS) is 12.7. The molecule has 0 unspecified atom stereocenters. The zero-order valence-corrected chi connectivity index (χ0v) is 15.0. The van der Waals surface area contributed by atoms with Gasteiger partial charge in [-0.3, -0.25) is 4.79 Å². The first kappa shape index (κ1) is 18.0. The second kappa shape index (κ2) is 7.04. The molecule has 0 radical (unpaired) electrons. The number of rotatable bonds is 4.